The number of rotatable bonds is 5. The Morgan fingerprint density at radius 3 is 2.71 bits per heavy atom. The smallest absolute Gasteiger partial charge is 0.248 e. The van der Waals surface area contributed by atoms with Crippen molar-refractivity contribution < 1.29 is 14.3 Å². The molecule has 3 aromatic rings. The number of amides is 1. The first-order valence-electron chi connectivity index (χ1n) is 9.01. The number of fused-ring (bicyclic) bond motifs is 1. The Balaban J connectivity index is 1.67. The highest BCUT2D eigenvalue weighted by atomic mass is 16.5. The highest BCUT2D eigenvalue weighted by Gasteiger charge is 2.33. The molecule has 1 aliphatic heterocycles. The van der Waals surface area contributed by atoms with Crippen LogP contribution in [0, 0.1) is 0 Å². The van der Waals surface area contributed by atoms with Gasteiger partial charge < -0.3 is 15.8 Å². The van der Waals surface area contributed by atoms with Crippen molar-refractivity contribution >= 4 is 11.7 Å². The number of nitrogens with zero attached hydrogens (tertiary/aromatic N) is 2. The van der Waals surface area contributed by atoms with Crippen molar-refractivity contribution in [2.75, 3.05) is 6.54 Å². The third kappa shape index (κ3) is 3.52. The van der Waals surface area contributed by atoms with Crippen molar-refractivity contribution in [2.24, 2.45) is 5.73 Å². The van der Waals surface area contributed by atoms with E-state index in [9.17, 15) is 9.59 Å². The van der Waals surface area contributed by atoms with Crippen LogP contribution in [0.25, 0.3) is 0 Å². The molecule has 2 heterocycles. The Morgan fingerprint density at radius 2 is 2.00 bits per heavy atom. The van der Waals surface area contributed by atoms with Crippen molar-refractivity contribution in [3.63, 3.8) is 0 Å². The molecule has 0 saturated carbocycles. The summed E-state index contributed by atoms with van der Waals surface area (Å²) in [5.41, 5.74) is 7.43. The van der Waals surface area contributed by atoms with Crippen molar-refractivity contribution in [1.29, 1.82) is 0 Å². The second-order valence-electron chi connectivity index (χ2n) is 6.63. The predicted octanol–water partition coefficient (Wildman–Crippen LogP) is 1.69. The number of hydrogen-bond donors (Lipinski definition) is 2. The molecular formula is C21H20N4O3. The molecule has 2 aromatic carbocycles. The van der Waals surface area contributed by atoms with Gasteiger partial charge in [-0.2, -0.15) is 5.10 Å². The molecule has 4 rings (SSSR count). The van der Waals surface area contributed by atoms with Gasteiger partial charge in [-0.3, -0.25) is 14.3 Å². The number of Topliss-reactive ketones (excluding diaryl/α,β-unsaturated/α-hetero) is 1. The predicted molar refractivity (Wildman–Crippen MR) is 103 cm³/mol. The van der Waals surface area contributed by atoms with Crippen LogP contribution < -0.4 is 15.8 Å². The van der Waals surface area contributed by atoms with E-state index in [2.05, 4.69) is 10.4 Å². The fourth-order valence-electron chi connectivity index (χ4n) is 3.35. The van der Waals surface area contributed by atoms with Crippen LogP contribution in [0.4, 0.5) is 0 Å². The van der Waals surface area contributed by atoms with E-state index in [1.165, 1.54) is 0 Å². The molecule has 7 heteroatoms. The van der Waals surface area contributed by atoms with E-state index in [0.717, 1.165) is 11.1 Å². The lowest BCUT2D eigenvalue weighted by Crippen LogP contribution is -2.40. The number of ether oxygens (including phenoxy) is 1. The maximum atomic E-state index is 13.5. The van der Waals surface area contributed by atoms with Gasteiger partial charge in [0.05, 0.1) is 0 Å². The zero-order valence-electron chi connectivity index (χ0n) is 15.1. The molecule has 7 nitrogen and oxygen atoms in total. The minimum Gasteiger partial charge on any atom is -0.481 e. The van der Waals surface area contributed by atoms with Crippen LogP contribution in [-0.4, -0.2) is 34.1 Å². The van der Waals surface area contributed by atoms with Crippen LogP contribution in [0.1, 0.15) is 27.5 Å². The highest BCUT2D eigenvalue weighted by molar-refractivity contribution is 5.93. The molecule has 2 atom stereocenters. The Bertz CT molecular complexity index is 986. The number of carbonyl (C=O) groups is 2. The van der Waals surface area contributed by atoms with Gasteiger partial charge in [-0.25, -0.2) is 0 Å². The normalized spacial score (nSPS) is 17.1. The maximum Gasteiger partial charge on any atom is 0.248 e. The quantitative estimate of drug-likeness (QED) is 0.706. The molecule has 0 fully saturated rings. The summed E-state index contributed by atoms with van der Waals surface area (Å²) in [5, 5.41) is 7.52. The maximum absolute atomic E-state index is 13.5. The van der Waals surface area contributed by atoms with E-state index in [1.807, 2.05) is 30.3 Å². The van der Waals surface area contributed by atoms with Gasteiger partial charge in [0.25, 0.3) is 0 Å². The minimum atomic E-state index is -0.737. The Morgan fingerprint density at radius 1 is 1.18 bits per heavy atom. The molecule has 0 aliphatic carbocycles. The molecule has 0 spiro atoms. The van der Waals surface area contributed by atoms with E-state index in [4.69, 9.17) is 10.5 Å². The number of hydrogen-bond acceptors (Lipinski definition) is 5. The van der Waals surface area contributed by atoms with Crippen molar-refractivity contribution in [3.8, 4) is 5.75 Å². The first-order valence-corrected chi connectivity index (χ1v) is 9.01. The standard InChI is InChI=1S/C21H20N4O3/c22-21(27)15-7-8-16-12-23-13-18(28-17(16)11-15)20(26)19(25-10-4-9-24-25)14-5-2-1-3-6-14/h1-11,18-19,23H,12-13H2,(H2,22,27). The number of primary amides is 1. The van der Waals surface area contributed by atoms with Gasteiger partial charge in [0.2, 0.25) is 11.7 Å². The highest BCUT2D eigenvalue weighted by Crippen LogP contribution is 2.27. The lowest BCUT2D eigenvalue weighted by Gasteiger charge is -2.23. The molecule has 3 N–H and O–H groups in total. The zero-order valence-corrected chi connectivity index (χ0v) is 15.1. The number of aromatic nitrogens is 2. The Labute approximate surface area is 162 Å². The van der Waals surface area contributed by atoms with Crippen molar-refractivity contribution in [3.05, 3.63) is 83.7 Å². The summed E-state index contributed by atoms with van der Waals surface area (Å²) in [6, 6.07) is 15.7. The summed E-state index contributed by atoms with van der Waals surface area (Å²) in [7, 11) is 0. The third-order valence-corrected chi connectivity index (χ3v) is 4.76. The average molecular weight is 376 g/mol. The van der Waals surface area contributed by atoms with Gasteiger partial charge in [0, 0.05) is 36.6 Å². The summed E-state index contributed by atoms with van der Waals surface area (Å²) in [5.74, 6) is -0.170. The number of carbonyl (C=O) groups excluding carboxylic acids is 2. The summed E-state index contributed by atoms with van der Waals surface area (Å²) >= 11 is 0. The van der Waals surface area contributed by atoms with E-state index >= 15 is 0 Å². The molecule has 0 radical (unpaired) electrons. The number of benzene rings is 2. The topological polar surface area (TPSA) is 99.2 Å². The molecule has 1 aliphatic rings. The lowest BCUT2D eigenvalue weighted by molar-refractivity contribution is -0.128. The SMILES string of the molecule is NC(=O)c1ccc2c(c1)OC(C(=O)C(c1ccccc1)n1cccn1)CNC2. The van der Waals surface area contributed by atoms with Crippen LogP contribution in [0.5, 0.6) is 5.75 Å². The average Bonchev–Trinajstić information content (AvgIpc) is 3.14. The summed E-state index contributed by atoms with van der Waals surface area (Å²) in [6.07, 6.45) is 2.67. The molecule has 0 bridgehead atoms. The molecule has 1 aromatic heterocycles. The molecule has 1 amide bonds. The summed E-state index contributed by atoms with van der Waals surface area (Å²) in [4.78, 5) is 25.0. The van der Waals surface area contributed by atoms with Gasteiger partial charge >= 0.3 is 0 Å². The fraction of sp³-hybridized carbons (Fsp3) is 0.190. The van der Waals surface area contributed by atoms with Crippen LogP contribution in [-0.2, 0) is 11.3 Å². The van der Waals surface area contributed by atoms with Crippen LogP contribution >= 0.6 is 0 Å². The second-order valence-corrected chi connectivity index (χ2v) is 6.63. The molecule has 2 unspecified atom stereocenters. The van der Waals surface area contributed by atoms with Crippen LogP contribution in [0.15, 0.2) is 67.0 Å². The first kappa shape index (κ1) is 17.9. The first-order chi connectivity index (χ1) is 13.6. The number of ketones is 1. The van der Waals surface area contributed by atoms with E-state index in [1.54, 1.807) is 41.3 Å². The Kier molecular flexibility index (Phi) is 4.90. The minimum absolute atomic E-state index is 0.125. The number of nitrogens with one attached hydrogen (secondary N) is 1. The van der Waals surface area contributed by atoms with Gasteiger partial charge in [-0.15, -0.1) is 0 Å². The molecule has 28 heavy (non-hydrogen) atoms. The van der Waals surface area contributed by atoms with Crippen molar-refractivity contribution in [2.45, 2.75) is 18.7 Å². The third-order valence-electron chi connectivity index (χ3n) is 4.76. The number of nitrogens with two attached hydrogens (primary N) is 1. The van der Waals surface area contributed by atoms with Crippen LogP contribution in [0.2, 0.25) is 0 Å². The van der Waals surface area contributed by atoms with Gasteiger partial charge in [0.15, 0.2) is 6.10 Å². The van der Waals surface area contributed by atoms with Crippen LogP contribution in [0.3, 0.4) is 0 Å². The molecular weight excluding hydrogens is 356 g/mol. The van der Waals surface area contributed by atoms with Gasteiger partial charge in [0.1, 0.15) is 11.8 Å². The Hall–Kier alpha value is -3.45. The molecule has 142 valence electrons. The summed E-state index contributed by atoms with van der Waals surface area (Å²) in [6.45, 7) is 0.889. The largest absolute Gasteiger partial charge is 0.481 e. The zero-order chi connectivity index (χ0) is 19.5. The van der Waals surface area contributed by atoms with Crippen molar-refractivity contribution in [1.82, 2.24) is 15.1 Å². The fourth-order valence-corrected chi connectivity index (χ4v) is 3.35. The van der Waals surface area contributed by atoms with Gasteiger partial charge in [-0.1, -0.05) is 36.4 Å². The molecule has 0 saturated heterocycles. The van der Waals surface area contributed by atoms with E-state index in [0.29, 0.717) is 24.4 Å². The van der Waals surface area contributed by atoms with E-state index < -0.39 is 18.1 Å². The van der Waals surface area contributed by atoms with Gasteiger partial charge in [-0.05, 0) is 23.8 Å². The second kappa shape index (κ2) is 7.66. The summed E-state index contributed by atoms with van der Waals surface area (Å²) < 4.78 is 7.68. The lowest BCUT2D eigenvalue weighted by atomic mass is 9.99. The monoisotopic (exact) mass is 376 g/mol. The van der Waals surface area contributed by atoms with E-state index in [-0.39, 0.29) is 5.78 Å².